The predicted octanol–water partition coefficient (Wildman–Crippen LogP) is 1.06. The second-order valence-corrected chi connectivity index (χ2v) is 8.69. The minimum Gasteiger partial charge on any atom is -0.379 e. The van der Waals surface area contributed by atoms with Gasteiger partial charge in [-0.1, -0.05) is 0 Å². The van der Waals surface area contributed by atoms with Crippen molar-refractivity contribution in [2.75, 3.05) is 25.5 Å². The van der Waals surface area contributed by atoms with Crippen LogP contribution in [-0.2, 0) is 15.1 Å². The quantitative estimate of drug-likeness (QED) is 0.582. The molecule has 4 rings (SSSR count). The molecule has 2 aliphatic carbocycles. The van der Waals surface area contributed by atoms with E-state index in [-0.39, 0.29) is 11.8 Å². The van der Waals surface area contributed by atoms with Crippen LogP contribution in [0.1, 0.15) is 56.7 Å². The van der Waals surface area contributed by atoms with Crippen LogP contribution < -0.4 is 11.1 Å². The summed E-state index contributed by atoms with van der Waals surface area (Å²) in [6, 6.07) is 2.81. The van der Waals surface area contributed by atoms with Gasteiger partial charge in [-0.2, -0.15) is 10.4 Å². The number of nitrogens with one attached hydrogen (secondary N) is 1. The first-order valence-electron chi connectivity index (χ1n) is 10.4. The van der Waals surface area contributed by atoms with E-state index in [1.165, 1.54) is 0 Å². The Kier molecular flexibility index (Phi) is 5.62. The zero-order valence-corrected chi connectivity index (χ0v) is 16.9. The molecule has 1 saturated heterocycles. The highest BCUT2D eigenvalue weighted by Gasteiger charge is 2.42. The Morgan fingerprint density at radius 3 is 2.69 bits per heavy atom. The minimum atomic E-state index is -1.24. The zero-order valence-electron chi connectivity index (χ0n) is 16.9. The van der Waals surface area contributed by atoms with E-state index in [2.05, 4.69) is 21.4 Å². The van der Waals surface area contributed by atoms with E-state index in [4.69, 9.17) is 10.5 Å². The Labute approximate surface area is 170 Å². The molecule has 3 fully saturated rings. The zero-order chi connectivity index (χ0) is 20.6. The molecule has 29 heavy (non-hydrogen) atoms. The van der Waals surface area contributed by atoms with Crippen molar-refractivity contribution >= 4 is 11.7 Å². The molecular weight excluding hydrogens is 372 g/mol. The Bertz CT molecular complexity index is 783. The number of nitrogens with zero attached hydrogens (tertiary/aromatic N) is 4. The van der Waals surface area contributed by atoms with Gasteiger partial charge in [-0.25, -0.2) is 0 Å². The molecule has 9 nitrogen and oxygen atoms in total. The second kappa shape index (κ2) is 8.03. The SMILES string of the molecule is COC1CN(C2CCC(CC#N)(n3cc(C(N)O)c(NC(=O)C4CC4)n3)CC2)C1. The van der Waals surface area contributed by atoms with E-state index in [1.807, 2.05) is 0 Å². The van der Waals surface area contributed by atoms with E-state index in [0.717, 1.165) is 51.6 Å². The summed E-state index contributed by atoms with van der Waals surface area (Å²) in [5.74, 6) is 0.251. The third-order valence-electron chi connectivity index (χ3n) is 6.76. The number of methoxy groups -OCH3 is 1. The number of hydrogen-bond acceptors (Lipinski definition) is 7. The van der Waals surface area contributed by atoms with Gasteiger partial charge in [-0.15, -0.1) is 0 Å². The largest absolute Gasteiger partial charge is 0.379 e. The molecule has 1 aromatic rings. The van der Waals surface area contributed by atoms with Crippen LogP contribution in [0, 0.1) is 17.2 Å². The van der Waals surface area contributed by atoms with E-state index < -0.39 is 11.8 Å². The van der Waals surface area contributed by atoms with Gasteiger partial charge in [-0.3, -0.25) is 14.4 Å². The van der Waals surface area contributed by atoms with Gasteiger partial charge in [-0.05, 0) is 38.5 Å². The summed E-state index contributed by atoms with van der Waals surface area (Å²) in [5.41, 5.74) is 5.67. The molecular formula is C20H30N6O3. The fraction of sp³-hybridized carbons (Fsp3) is 0.750. The Morgan fingerprint density at radius 1 is 1.45 bits per heavy atom. The minimum absolute atomic E-state index is 0.0267. The number of likely N-dealkylation sites (tertiary alicyclic amines) is 1. The number of hydrogen-bond donors (Lipinski definition) is 3. The molecule has 0 aromatic carbocycles. The average molecular weight is 402 g/mol. The molecule has 4 N–H and O–H groups in total. The van der Waals surface area contributed by atoms with Crippen molar-refractivity contribution in [3.63, 3.8) is 0 Å². The van der Waals surface area contributed by atoms with Crippen molar-refractivity contribution in [1.29, 1.82) is 5.26 Å². The van der Waals surface area contributed by atoms with E-state index in [0.29, 0.717) is 29.9 Å². The van der Waals surface area contributed by atoms with Gasteiger partial charge in [0.1, 0.15) is 6.23 Å². The topological polar surface area (TPSA) is 129 Å². The summed E-state index contributed by atoms with van der Waals surface area (Å²) in [5, 5.41) is 26.9. The molecule has 2 heterocycles. The highest BCUT2D eigenvalue weighted by molar-refractivity contribution is 5.93. The Hall–Kier alpha value is -1.99. The number of anilines is 1. The lowest BCUT2D eigenvalue weighted by Gasteiger charge is -2.48. The lowest BCUT2D eigenvalue weighted by molar-refractivity contribution is -0.117. The van der Waals surface area contributed by atoms with Crippen LogP contribution in [0.2, 0.25) is 0 Å². The molecule has 1 atom stereocenters. The van der Waals surface area contributed by atoms with E-state index >= 15 is 0 Å². The number of rotatable bonds is 7. The lowest BCUT2D eigenvalue weighted by Crippen LogP contribution is -2.57. The Morgan fingerprint density at radius 2 is 2.14 bits per heavy atom. The number of aromatic nitrogens is 2. The van der Waals surface area contributed by atoms with Crippen LogP contribution in [0.3, 0.4) is 0 Å². The highest BCUT2D eigenvalue weighted by atomic mass is 16.5. The van der Waals surface area contributed by atoms with E-state index in [1.54, 1.807) is 18.0 Å². The number of carbonyl (C=O) groups is 1. The van der Waals surface area contributed by atoms with Gasteiger partial charge in [0.05, 0.1) is 29.7 Å². The first-order valence-corrected chi connectivity index (χ1v) is 10.4. The smallest absolute Gasteiger partial charge is 0.228 e. The molecule has 3 aliphatic rings. The average Bonchev–Trinajstić information content (AvgIpc) is 3.43. The molecule has 1 amide bonds. The van der Waals surface area contributed by atoms with Crippen LogP contribution in [0.15, 0.2) is 6.20 Å². The van der Waals surface area contributed by atoms with Crippen LogP contribution in [0.5, 0.6) is 0 Å². The van der Waals surface area contributed by atoms with Crippen molar-refractivity contribution in [1.82, 2.24) is 14.7 Å². The van der Waals surface area contributed by atoms with Gasteiger partial charge < -0.3 is 20.9 Å². The van der Waals surface area contributed by atoms with Crippen molar-refractivity contribution in [2.24, 2.45) is 11.7 Å². The van der Waals surface area contributed by atoms with Crippen molar-refractivity contribution in [3.8, 4) is 6.07 Å². The van der Waals surface area contributed by atoms with Crippen LogP contribution in [0.4, 0.5) is 5.82 Å². The predicted molar refractivity (Wildman–Crippen MR) is 106 cm³/mol. The number of aliphatic hydroxyl groups excluding tert-OH is 1. The van der Waals surface area contributed by atoms with Gasteiger partial charge in [0.25, 0.3) is 0 Å². The van der Waals surface area contributed by atoms with Crippen LogP contribution in [0.25, 0.3) is 0 Å². The summed E-state index contributed by atoms with van der Waals surface area (Å²) in [7, 11) is 1.75. The molecule has 0 spiro atoms. The number of nitrogens with two attached hydrogens (primary N) is 1. The van der Waals surface area contributed by atoms with Crippen molar-refractivity contribution in [3.05, 3.63) is 11.8 Å². The molecule has 9 heteroatoms. The monoisotopic (exact) mass is 402 g/mol. The van der Waals surface area contributed by atoms with Gasteiger partial charge in [0, 0.05) is 38.4 Å². The molecule has 1 aliphatic heterocycles. The van der Waals surface area contributed by atoms with E-state index in [9.17, 15) is 15.2 Å². The maximum absolute atomic E-state index is 12.2. The Balaban J connectivity index is 1.51. The van der Waals surface area contributed by atoms with Crippen LogP contribution in [-0.4, -0.2) is 58.0 Å². The number of carbonyl (C=O) groups excluding carboxylic acids is 1. The summed E-state index contributed by atoms with van der Waals surface area (Å²) in [4.78, 5) is 14.6. The number of nitriles is 1. The van der Waals surface area contributed by atoms with Crippen LogP contribution >= 0.6 is 0 Å². The maximum Gasteiger partial charge on any atom is 0.228 e. The lowest BCUT2D eigenvalue weighted by atomic mass is 9.76. The molecule has 0 radical (unpaired) electrons. The summed E-state index contributed by atoms with van der Waals surface area (Å²) in [6.45, 7) is 1.93. The van der Waals surface area contributed by atoms with Gasteiger partial charge in [0.2, 0.25) is 5.91 Å². The third kappa shape index (κ3) is 4.03. The first kappa shape index (κ1) is 20.3. The fourth-order valence-corrected chi connectivity index (χ4v) is 4.56. The number of amides is 1. The molecule has 0 bridgehead atoms. The third-order valence-corrected chi connectivity index (χ3v) is 6.76. The summed E-state index contributed by atoms with van der Waals surface area (Å²) >= 11 is 0. The molecule has 2 saturated carbocycles. The summed E-state index contributed by atoms with van der Waals surface area (Å²) < 4.78 is 7.15. The fourth-order valence-electron chi connectivity index (χ4n) is 4.56. The normalized spacial score (nSPS) is 29.1. The van der Waals surface area contributed by atoms with Gasteiger partial charge in [0.15, 0.2) is 5.82 Å². The maximum atomic E-state index is 12.2. The second-order valence-electron chi connectivity index (χ2n) is 8.69. The van der Waals surface area contributed by atoms with Crippen molar-refractivity contribution in [2.45, 2.75) is 68.9 Å². The molecule has 1 unspecified atom stereocenters. The number of ether oxygens (including phenoxy) is 1. The molecule has 158 valence electrons. The standard InChI is InChI=1S/C20H30N6O3/c1-29-15-10-25(11-15)14-4-6-20(7-5-14,8-9-21)26-12-16(17(22)27)18(24-26)23-19(28)13-2-3-13/h12-15,17,27H,2-8,10-11,22H2,1H3,(H,23,24,28). The summed E-state index contributed by atoms with van der Waals surface area (Å²) in [6.07, 6.45) is 6.48. The number of aliphatic hydroxyl groups is 1. The van der Waals surface area contributed by atoms with Crippen molar-refractivity contribution < 1.29 is 14.6 Å². The first-order chi connectivity index (χ1) is 14.0. The molecule has 1 aromatic heterocycles. The van der Waals surface area contributed by atoms with Gasteiger partial charge >= 0.3 is 0 Å². The highest BCUT2D eigenvalue weighted by Crippen LogP contribution is 2.41.